The minimum atomic E-state index is -0.547. The first kappa shape index (κ1) is 21.9. The Morgan fingerprint density at radius 2 is 2.03 bits per heavy atom. The van der Waals surface area contributed by atoms with Gasteiger partial charge in [-0.05, 0) is 32.0 Å². The summed E-state index contributed by atoms with van der Waals surface area (Å²) < 4.78 is 22.3. The van der Waals surface area contributed by atoms with E-state index in [0.717, 1.165) is 10.7 Å². The molecule has 4 heterocycles. The van der Waals surface area contributed by atoms with Crippen molar-refractivity contribution in [3.63, 3.8) is 0 Å². The standard InChI is InChI=1S/C23H21ClFN5O2S/c1-12-11-33-22(26-12)18-10-30(6-7-32-18)19-9-17-20(23(31)29(3)13(2)27-17)21(28-19)15-5-4-14(24)8-16(15)25/h4-5,8-9,11,18H,6-7,10H2,1-3H3/t18-/m1/s1. The number of aryl methyl sites for hydroxylation is 2. The van der Waals surface area contributed by atoms with Crippen LogP contribution in [0.15, 0.2) is 34.4 Å². The predicted octanol–water partition coefficient (Wildman–Crippen LogP) is 4.44. The van der Waals surface area contributed by atoms with E-state index < -0.39 is 5.82 Å². The molecular weight excluding hydrogens is 465 g/mol. The Morgan fingerprint density at radius 1 is 1.21 bits per heavy atom. The second-order valence-electron chi connectivity index (χ2n) is 8.00. The third kappa shape index (κ3) is 4.01. The highest BCUT2D eigenvalue weighted by Gasteiger charge is 2.27. The van der Waals surface area contributed by atoms with Crippen molar-refractivity contribution >= 4 is 39.7 Å². The molecule has 33 heavy (non-hydrogen) atoms. The minimum absolute atomic E-state index is 0.191. The third-order valence-corrected chi connectivity index (χ3v) is 7.05. The molecular formula is C23H21ClFN5O2S. The molecule has 1 aliphatic heterocycles. The van der Waals surface area contributed by atoms with E-state index >= 15 is 0 Å². The molecule has 0 radical (unpaired) electrons. The van der Waals surface area contributed by atoms with Gasteiger partial charge in [0.15, 0.2) is 0 Å². The van der Waals surface area contributed by atoms with Gasteiger partial charge in [0.25, 0.3) is 5.56 Å². The fraction of sp³-hybridized carbons (Fsp3) is 0.304. The number of anilines is 1. The van der Waals surface area contributed by atoms with E-state index in [1.54, 1.807) is 43.5 Å². The molecule has 0 spiro atoms. The summed E-state index contributed by atoms with van der Waals surface area (Å²) in [6, 6.07) is 6.14. The molecule has 1 atom stereocenters. The Morgan fingerprint density at radius 3 is 2.76 bits per heavy atom. The number of hydrogen-bond donors (Lipinski definition) is 0. The number of aromatic nitrogens is 4. The van der Waals surface area contributed by atoms with Crippen LogP contribution >= 0.6 is 22.9 Å². The summed E-state index contributed by atoms with van der Waals surface area (Å²) in [6.07, 6.45) is -0.191. The number of morpholine rings is 1. The Bertz CT molecular complexity index is 1440. The van der Waals surface area contributed by atoms with E-state index in [0.29, 0.717) is 36.9 Å². The molecule has 1 aliphatic rings. The molecule has 10 heteroatoms. The number of rotatable bonds is 3. The average Bonchev–Trinajstić information content (AvgIpc) is 3.23. The van der Waals surface area contributed by atoms with Crippen molar-refractivity contribution in [2.75, 3.05) is 24.6 Å². The highest BCUT2D eigenvalue weighted by Crippen LogP contribution is 2.33. The number of thiazole rings is 1. The number of hydrogen-bond acceptors (Lipinski definition) is 7. The number of pyridine rings is 1. The van der Waals surface area contributed by atoms with Gasteiger partial charge in [-0.3, -0.25) is 9.36 Å². The Kier molecular flexibility index (Phi) is 5.64. The van der Waals surface area contributed by atoms with Crippen LogP contribution < -0.4 is 10.5 Å². The summed E-state index contributed by atoms with van der Waals surface area (Å²) in [4.78, 5) is 29.1. The van der Waals surface area contributed by atoms with Crippen LogP contribution in [0.2, 0.25) is 5.02 Å². The van der Waals surface area contributed by atoms with Crippen LogP contribution in [0.3, 0.4) is 0 Å². The lowest BCUT2D eigenvalue weighted by Gasteiger charge is -2.33. The lowest BCUT2D eigenvalue weighted by atomic mass is 10.1. The van der Waals surface area contributed by atoms with Crippen molar-refractivity contribution < 1.29 is 9.13 Å². The first-order chi connectivity index (χ1) is 15.8. The summed E-state index contributed by atoms with van der Waals surface area (Å²) >= 11 is 7.53. The van der Waals surface area contributed by atoms with Gasteiger partial charge in [-0.25, -0.2) is 19.3 Å². The molecule has 4 aromatic rings. The molecule has 3 aromatic heterocycles. The highest BCUT2D eigenvalue weighted by atomic mass is 35.5. The highest BCUT2D eigenvalue weighted by molar-refractivity contribution is 7.09. The topological polar surface area (TPSA) is 73.1 Å². The van der Waals surface area contributed by atoms with E-state index in [-0.39, 0.29) is 33.3 Å². The van der Waals surface area contributed by atoms with Crippen LogP contribution in [0.5, 0.6) is 0 Å². The smallest absolute Gasteiger partial charge is 0.263 e. The maximum absolute atomic E-state index is 14.9. The van der Waals surface area contributed by atoms with Crippen LogP contribution in [0.1, 0.15) is 22.6 Å². The molecule has 0 aliphatic carbocycles. The zero-order valence-electron chi connectivity index (χ0n) is 18.3. The lowest BCUT2D eigenvalue weighted by molar-refractivity contribution is 0.0393. The number of nitrogens with zero attached hydrogens (tertiary/aromatic N) is 5. The predicted molar refractivity (Wildman–Crippen MR) is 128 cm³/mol. The maximum atomic E-state index is 14.9. The van der Waals surface area contributed by atoms with E-state index in [2.05, 4.69) is 14.9 Å². The largest absolute Gasteiger partial charge is 0.367 e. The van der Waals surface area contributed by atoms with Crippen molar-refractivity contribution in [2.24, 2.45) is 7.05 Å². The first-order valence-electron chi connectivity index (χ1n) is 10.4. The van der Waals surface area contributed by atoms with Gasteiger partial charge in [0.2, 0.25) is 0 Å². The second-order valence-corrected chi connectivity index (χ2v) is 9.33. The van der Waals surface area contributed by atoms with Gasteiger partial charge < -0.3 is 9.64 Å². The Labute approximate surface area is 198 Å². The van der Waals surface area contributed by atoms with E-state index in [1.165, 1.54) is 10.6 Å². The lowest BCUT2D eigenvalue weighted by Crippen LogP contribution is -2.39. The molecule has 0 N–H and O–H groups in total. The van der Waals surface area contributed by atoms with Gasteiger partial charge in [0.1, 0.15) is 28.6 Å². The zero-order chi connectivity index (χ0) is 23.3. The van der Waals surface area contributed by atoms with Crippen molar-refractivity contribution in [3.8, 4) is 11.3 Å². The zero-order valence-corrected chi connectivity index (χ0v) is 19.9. The van der Waals surface area contributed by atoms with E-state index in [9.17, 15) is 9.18 Å². The number of halogens is 2. The SMILES string of the molecule is Cc1csc([C@H]2CN(c3cc4nc(C)n(C)c(=O)c4c(-c4ccc(Cl)cc4F)n3)CCO2)n1. The van der Waals surface area contributed by atoms with E-state index in [1.807, 2.05) is 12.3 Å². The summed E-state index contributed by atoms with van der Waals surface area (Å²) in [7, 11) is 1.64. The van der Waals surface area contributed by atoms with Crippen LogP contribution in [-0.4, -0.2) is 39.2 Å². The molecule has 0 bridgehead atoms. The summed E-state index contributed by atoms with van der Waals surface area (Å²) in [5, 5.41) is 3.45. The van der Waals surface area contributed by atoms with Crippen molar-refractivity contribution in [2.45, 2.75) is 20.0 Å². The minimum Gasteiger partial charge on any atom is -0.367 e. The molecule has 1 saturated heterocycles. The fourth-order valence-corrected chi connectivity index (χ4v) is 4.94. The van der Waals surface area contributed by atoms with Crippen molar-refractivity contribution in [1.82, 2.24) is 19.5 Å². The third-order valence-electron chi connectivity index (χ3n) is 5.76. The molecule has 1 fully saturated rings. The van der Waals surface area contributed by atoms with Crippen molar-refractivity contribution in [1.29, 1.82) is 0 Å². The van der Waals surface area contributed by atoms with Crippen LogP contribution in [0.4, 0.5) is 10.2 Å². The molecule has 0 amide bonds. The maximum Gasteiger partial charge on any atom is 0.263 e. The van der Waals surface area contributed by atoms with Gasteiger partial charge in [0, 0.05) is 41.3 Å². The quantitative estimate of drug-likeness (QED) is 0.427. The molecule has 5 rings (SSSR count). The molecule has 0 saturated carbocycles. The second kappa shape index (κ2) is 8.48. The van der Waals surface area contributed by atoms with Gasteiger partial charge >= 0.3 is 0 Å². The Hall–Kier alpha value is -2.88. The van der Waals surface area contributed by atoms with Gasteiger partial charge in [-0.2, -0.15) is 0 Å². The van der Waals surface area contributed by atoms with Crippen LogP contribution in [0.25, 0.3) is 22.2 Å². The van der Waals surface area contributed by atoms with Gasteiger partial charge in [0.05, 0.1) is 29.7 Å². The normalized spacial score (nSPS) is 16.5. The van der Waals surface area contributed by atoms with Gasteiger partial charge in [-0.1, -0.05) is 11.6 Å². The molecule has 1 aromatic carbocycles. The average molecular weight is 486 g/mol. The molecule has 170 valence electrons. The first-order valence-corrected chi connectivity index (χ1v) is 11.7. The van der Waals surface area contributed by atoms with Crippen LogP contribution in [-0.2, 0) is 11.8 Å². The summed E-state index contributed by atoms with van der Waals surface area (Å²) in [5.74, 6) is 0.619. The number of ether oxygens (including phenoxy) is 1. The molecule has 7 nitrogen and oxygen atoms in total. The number of benzene rings is 1. The summed E-state index contributed by atoms with van der Waals surface area (Å²) in [5.41, 5.74) is 1.60. The Balaban J connectivity index is 1.67. The number of fused-ring (bicyclic) bond motifs is 1. The fourth-order valence-electron chi connectivity index (χ4n) is 3.95. The van der Waals surface area contributed by atoms with Crippen LogP contribution in [0, 0.1) is 19.7 Å². The summed E-state index contributed by atoms with van der Waals surface area (Å²) in [6.45, 7) is 5.35. The molecule has 0 unspecified atom stereocenters. The van der Waals surface area contributed by atoms with Crippen molar-refractivity contribution in [3.05, 3.63) is 67.4 Å². The van der Waals surface area contributed by atoms with Gasteiger partial charge in [-0.15, -0.1) is 11.3 Å². The van der Waals surface area contributed by atoms with E-state index in [4.69, 9.17) is 21.3 Å². The monoisotopic (exact) mass is 485 g/mol.